The van der Waals surface area contributed by atoms with Crippen LogP contribution >= 0.6 is 11.8 Å². The monoisotopic (exact) mass is 403 g/mol. The topological polar surface area (TPSA) is 46.3 Å². The number of aryl methyl sites for hydroxylation is 2. The van der Waals surface area contributed by atoms with E-state index < -0.39 is 0 Å². The highest BCUT2D eigenvalue weighted by atomic mass is 32.2. The molecule has 3 atom stereocenters. The van der Waals surface area contributed by atoms with Gasteiger partial charge in [0.2, 0.25) is 0 Å². The molecule has 0 N–H and O–H groups in total. The van der Waals surface area contributed by atoms with Crippen LogP contribution in [0.3, 0.4) is 0 Å². The Morgan fingerprint density at radius 3 is 2.66 bits per heavy atom. The van der Waals surface area contributed by atoms with Gasteiger partial charge in [0, 0.05) is 35.6 Å². The number of thioether (sulfide) groups is 1. The Bertz CT molecular complexity index is 1070. The first-order chi connectivity index (χ1) is 14.0. The molecule has 5 rings (SSSR count). The first-order valence-electron chi connectivity index (χ1n) is 10.1. The maximum Gasteiger partial charge on any atom is 0.160 e. The van der Waals surface area contributed by atoms with Crippen LogP contribution in [-0.4, -0.2) is 36.4 Å². The highest BCUT2D eigenvalue weighted by molar-refractivity contribution is 8.14. The van der Waals surface area contributed by atoms with E-state index in [-0.39, 0.29) is 12.1 Å². The van der Waals surface area contributed by atoms with Gasteiger partial charge in [-0.1, -0.05) is 30.8 Å². The van der Waals surface area contributed by atoms with Crippen LogP contribution in [0.4, 0.5) is 0 Å². The summed E-state index contributed by atoms with van der Waals surface area (Å²) >= 11 is 1.88. The zero-order valence-corrected chi connectivity index (χ0v) is 18.0. The van der Waals surface area contributed by atoms with Gasteiger partial charge in [0.25, 0.3) is 0 Å². The summed E-state index contributed by atoms with van der Waals surface area (Å²) in [4.78, 5) is 16.9. The fraction of sp³-hybridized carbons (Fsp3) is 0.348. The SMILES string of the molecule is Cc1ccc(-n2c(C)cc([C@H]3[C@@H](c4ccccn4)N=C4S[C@@H](C)CN43)c2C)nc1. The Labute approximate surface area is 175 Å². The van der Waals surface area contributed by atoms with Crippen LogP contribution in [0.25, 0.3) is 5.82 Å². The van der Waals surface area contributed by atoms with Crippen molar-refractivity contribution in [3.8, 4) is 5.82 Å². The minimum Gasteiger partial charge on any atom is -0.341 e. The van der Waals surface area contributed by atoms with E-state index in [9.17, 15) is 0 Å². The fourth-order valence-corrected chi connectivity index (χ4v) is 5.58. The Morgan fingerprint density at radius 2 is 1.93 bits per heavy atom. The van der Waals surface area contributed by atoms with Gasteiger partial charge in [-0.25, -0.2) is 4.98 Å². The lowest BCUT2D eigenvalue weighted by Crippen LogP contribution is -2.28. The van der Waals surface area contributed by atoms with Gasteiger partial charge >= 0.3 is 0 Å². The highest BCUT2D eigenvalue weighted by Crippen LogP contribution is 2.48. The molecule has 3 aromatic heterocycles. The second-order valence-corrected chi connectivity index (χ2v) is 9.40. The molecule has 5 nitrogen and oxygen atoms in total. The van der Waals surface area contributed by atoms with E-state index in [1.54, 1.807) is 0 Å². The van der Waals surface area contributed by atoms with E-state index in [0.29, 0.717) is 5.25 Å². The molecule has 0 aliphatic carbocycles. The van der Waals surface area contributed by atoms with Crippen LogP contribution in [0.2, 0.25) is 0 Å². The van der Waals surface area contributed by atoms with E-state index >= 15 is 0 Å². The second-order valence-electron chi connectivity index (χ2n) is 7.99. The maximum atomic E-state index is 5.11. The maximum absolute atomic E-state index is 5.11. The lowest BCUT2D eigenvalue weighted by atomic mass is 9.96. The van der Waals surface area contributed by atoms with Crippen molar-refractivity contribution < 1.29 is 0 Å². The average Bonchev–Trinajstić information content (AvgIpc) is 3.33. The fourth-order valence-electron chi connectivity index (χ4n) is 4.49. The van der Waals surface area contributed by atoms with Gasteiger partial charge in [0.15, 0.2) is 5.17 Å². The molecule has 0 radical (unpaired) electrons. The number of pyridine rings is 2. The number of hydrogen-bond acceptors (Lipinski definition) is 5. The molecule has 0 unspecified atom stereocenters. The molecule has 1 fully saturated rings. The Kier molecular flexibility index (Phi) is 4.46. The zero-order valence-electron chi connectivity index (χ0n) is 17.2. The van der Waals surface area contributed by atoms with Crippen molar-refractivity contribution in [2.24, 2.45) is 4.99 Å². The summed E-state index contributed by atoms with van der Waals surface area (Å²) in [6.07, 6.45) is 3.80. The molecule has 0 spiro atoms. The summed E-state index contributed by atoms with van der Waals surface area (Å²) in [6.45, 7) is 9.72. The molecule has 1 saturated heterocycles. The first-order valence-corrected chi connectivity index (χ1v) is 10.9. The molecule has 0 saturated carbocycles. The Hall–Kier alpha value is -2.60. The summed E-state index contributed by atoms with van der Waals surface area (Å²) < 4.78 is 2.26. The lowest BCUT2D eigenvalue weighted by Gasteiger charge is -2.27. The van der Waals surface area contributed by atoms with Crippen molar-refractivity contribution in [2.45, 2.75) is 45.0 Å². The molecular formula is C23H25N5S. The summed E-state index contributed by atoms with van der Waals surface area (Å²) in [5.74, 6) is 0.967. The van der Waals surface area contributed by atoms with Crippen LogP contribution in [0, 0.1) is 20.8 Å². The van der Waals surface area contributed by atoms with Crippen LogP contribution in [0.15, 0.2) is 53.8 Å². The summed E-state index contributed by atoms with van der Waals surface area (Å²) in [5.41, 5.74) is 5.94. The Balaban J connectivity index is 1.62. The molecule has 148 valence electrons. The number of aliphatic imine (C=N–C) groups is 1. The van der Waals surface area contributed by atoms with E-state index in [4.69, 9.17) is 4.99 Å². The van der Waals surface area contributed by atoms with Crippen LogP contribution in [0.5, 0.6) is 0 Å². The predicted octanol–water partition coefficient (Wildman–Crippen LogP) is 4.78. The van der Waals surface area contributed by atoms with Gasteiger partial charge in [0.1, 0.15) is 11.9 Å². The molecule has 5 heterocycles. The van der Waals surface area contributed by atoms with Gasteiger partial charge in [-0.05, 0) is 56.2 Å². The molecule has 3 aromatic rings. The number of fused-ring (bicyclic) bond motifs is 1. The normalized spacial score (nSPS) is 23.4. The smallest absolute Gasteiger partial charge is 0.160 e. The zero-order chi connectivity index (χ0) is 20.1. The molecule has 0 bridgehead atoms. The molecule has 0 amide bonds. The van der Waals surface area contributed by atoms with Crippen LogP contribution in [0.1, 0.15) is 47.2 Å². The largest absolute Gasteiger partial charge is 0.341 e. The number of nitrogens with zero attached hydrogens (tertiary/aromatic N) is 5. The third-order valence-electron chi connectivity index (χ3n) is 5.80. The molecule has 2 aliphatic heterocycles. The van der Waals surface area contributed by atoms with E-state index in [0.717, 1.165) is 23.2 Å². The molecule has 29 heavy (non-hydrogen) atoms. The van der Waals surface area contributed by atoms with E-state index in [2.05, 4.69) is 77.5 Å². The van der Waals surface area contributed by atoms with Crippen molar-refractivity contribution in [3.05, 3.63) is 77.0 Å². The minimum atomic E-state index is 0.0196. The third-order valence-corrected chi connectivity index (χ3v) is 6.90. The average molecular weight is 404 g/mol. The standard InChI is InChI=1S/C23H25N5S/c1-14-8-9-20(25-12-14)28-15(2)11-18(17(28)4)22-21(19-7-5-6-10-24-19)26-23-27(22)13-16(3)29-23/h5-12,16,21-22H,13H2,1-4H3/t16-,21+,22-/m0/s1. The van der Waals surface area contributed by atoms with Gasteiger partial charge in [-0.15, -0.1) is 0 Å². The van der Waals surface area contributed by atoms with Gasteiger partial charge in [-0.3, -0.25) is 9.98 Å². The third kappa shape index (κ3) is 3.06. The van der Waals surface area contributed by atoms with Crippen molar-refractivity contribution in [1.29, 1.82) is 0 Å². The van der Waals surface area contributed by atoms with Gasteiger partial charge < -0.3 is 9.47 Å². The van der Waals surface area contributed by atoms with E-state index in [1.807, 2.05) is 30.2 Å². The van der Waals surface area contributed by atoms with Crippen molar-refractivity contribution in [3.63, 3.8) is 0 Å². The molecular weight excluding hydrogens is 378 g/mol. The first kappa shape index (κ1) is 18.4. The Morgan fingerprint density at radius 1 is 1.07 bits per heavy atom. The van der Waals surface area contributed by atoms with Crippen molar-refractivity contribution in [1.82, 2.24) is 19.4 Å². The predicted molar refractivity (Wildman–Crippen MR) is 119 cm³/mol. The highest BCUT2D eigenvalue weighted by Gasteiger charge is 2.44. The van der Waals surface area contributed by atoms with Crippen molar-refractivity contribution >= 4 is 16.9 Å². The summed E-state index contributed by atoms with van der Waals surface area (Å²) in [7, 11) is 0. The quantitative estimate of drug-likeness (QED) is 0.631. The van der Waals surface area contributed by atoms with Crippen molar-refractivity contribution in [2.75, 3.05) is 6.54 Å². The summed E-state index contributed by atoms with van der Waals surface area (Å²) in [6, 6.07) is 12.8. The van der Waals surface area contributed by atoms with Crippen LogP contribution in [-0.2, 0) is 0 Å². The number of hydrogen-bond donors (Lipinski definition) is 0. The lowest BCUT2D eigenvalue weighted by molar-refractivity contribution is 0.320. The van der Waals surface area contributed by atoms with Gasteiger partial charge in [0.05, 0.1) is 11.7 Å². The van der Waals surface area contributed by atoms with E-state index in [1.165, 1.54) is 22.5 Å². The van der Waals surface area contributed by atoms with Gasteiger partial charge in [-0.2, -0.15) is 0 Å². The number of rotatable bonds is 3. The molecule has 6 heteroatoms. The summed E-state index contributed by atoms with van der Waals surface area (Å²) in [5, 5.41) is 1.71. The van der Waals surface area contributed by atoms with Crippen LogP contribution < -0.4 is 0 Å². The minimum absolute atomic E-state index is 0.0196. The number of amidine groups is 1. The molecule has 0 aromatic carbocycles. The molecule has 2 aliphatic rings. The number of aromatic nitrogens is 3. The second kappa shape index (κ2) is 7.02.